The number of rotatable bonds is 6. The minimum absolute atomic E-state index is 0.0472. The van der Waals surface area contributed by atoms with Gasteiger partial charge in [0, 0.05) is 13.1 Å². The molecule has 0 bridgehead atoms. The first-order valence-corrected chi connectivity index (χ1v) is 8.78. The molecule has 0 aromatic rings. The Balaban J connectivity index is 2.45. The Morgan fingerprint density at radius 3 is 2.41 bits per heavy atom. The van der Waals surface area contributed by atoms with Crippen LogP contribution in [0.1, 0.15) is 58.3 Å². The highest BCUT2D eigenvalue weighted by atomic mass is 16.6. The zero-order valence-corrected chi connectivity index (χ0v) is 14.6. The zero-order chi connectivity index (χ0) is 16.2. The molecule has 128 valence electrons. The molecule has 0 saturated heterocycles. The van der Waals surface area contributed by atoms with Crippen LogP contribution in [-0.4, -0.2) is 50.6 Å². The van der Waals surface area contributed by atoms with Gasteiger partial charge in [0.2, 0.25) is 0 Å². The standard InChI is InChI=1S/C17H33N3O2/c1-4-18-17(19-13-10-14-20(2)3)22-16(21)15-11-8-6-5-7-9-12-15/h15H,4-14H2,1-3H3,(H,18,19). The molecule has 1 aliphatic rings. The number of nitrogens with one attached hydrogen (secondary N) is 1. The van der Waals surface area contributed by atoms with Gasteiger partial charge < -0.3 is 15.0 Å². The Labute approximate surface area is 135 Å². The quantitative estimate of drug-likeness (QED) is 0.355. The number of aliphatic imine (C=N–C) groups is 1. The predicted molar refractivity (Wildman–Crippen MR) is 91.1 cm³/mol. The van der Waals surface area contributed by atoms with Gasteiger partial charge in [0.25, 0.3) is 6.02 Å². The Morgan fingerprint density at radius 2 is 1.82 bits per heavy atom. The fourth-order valence-electron chi connectivity index (χ4n) is 2.71. The van der Waals surface area contributed by atoms with Gasteiger partial charge in [-0.15, -0.1) is 0 Å². The van der Waals surface area contributed by atoms with E-state index in [2.05, 4.69) is 15.2 Å². The van der Waals surface area contributed by atoms with E-state index in [1.165, 1.54) is 19.3 Å². The summed E-state index contributed by atoms with van der Waals surface area (Å²) < 4.78 is 5.52. The van der Waals surface area contributed by atoms with Crippen LogP contribution in [0.15, 0.2) is 4.99 Å². The highest BCUT2D eigenvalue weighted by Crippen LogP contribution is 2.23. The molecule has 1 N–H and O–H groups in total. The van der Waals surface area contributed by atoms with E-state index in [-0.39, 0.29) is 11.9 Å². The van der Waals surface area contributed by atoms with Crippen molar-refractivity contribution in [3.63, 3.8) is 0 Å². The monoisotopic (exact) mass is 311 g/mol. The maximum absolute atomic E-state index is 12.3. The fraction of sp³-hybridized carbons (Fsp3) is 0.882. The van der Waals surface area contributed by atoms with Crippen LogP contribution in [0.4, 0.5) is 0 Å². The molecule has 0 aromatic carbocycles. The van der Waals surface area contributed by atoms with E-state index in [1.54, 1.807) is 0 Å². The van der Waals surface area contributed by atoms with Crippen LogP contribution in [-0.2, 0) is 9.53 Å². The lowest BCUT2D eigenvalue weighted by Crippen LogP contribution is -2.32. The molecule has 22 heavy (non-hydrogen) atoms. The van der Waals surface area contributed by atoms with Gasteiger partial charge in [0.1, 0.15) is 0 Å². The number of hydrogen-bond donors (Lipinski definition) is 1. The lowest BCUT2D eigenvalue weighted by molar-refractivity contribution is -0.141. The van der Waals surface area contributed by atoms with Crippen LogP contribution in [0.25, 0.3) is 0 Å². The lowest BCUT2D eigenvalue weighted by Gasteiger charge is -2.19. The second-order valence-corrected chi connectivity index (χ2v) is 6.34. The molecule has 0 aliphatic heterocycles. The van der Waals surface area contributed by atoms with Gasteiger partial charge >= 0.3 is 5.97 Å². The average Bonchev–Trinajstić information content (AvgIpc) is 2.43. The number of carbonyl (C=O) groups is 1. The minimum atomic E-state index is -0.103. The van der Waals surface area contributed by atoms with Crippen molar-refractivity contribution in [3.05, 3.63) is 0 Å². The number of carbonyl (C=O) groups excluding carboxylic acids is 1. The third kappa shape index (κ3) is 8.37. The van der Waals surface area contributed by atoms with Crippen molar-refractivity contribution in [1.29, 1.82) is 0 Å². The largest absolute Gasteiger partial charge is 0.393 e. The summed E-state index contributed by atoms with van der Waals surface area (Å²) in [7, 11) is 4.09. The van der Waals surface area contributed by atoms with Gasteiger partial charge in [-0.25, -0.2) is 4.99 Å². The Hall–Kier alpha value is -1.10. The van der Waals surface area contributed by atoms with Crippen molar-refractivity contribution in [2.75, 3.05) is 33.7 Å². The van der Waals surface area contributed by atoms with E-state index in [0.29, 0.717) is 19.1 Å². The van der Waals surface area contributed by atoms with Crippen molar-refractivity contribution in [3.8, 4) is 0 Å². The van der Waals surface area contributed by atoms with Crippen molar-refractivity contribution >= 4 is 12.0 Å². The van der Waals surface area contributed by atoms with E-state index in [9.17, 15) is 4.79 Å². The topological polar surface area (TPSA) is 53.9 Å². The number of nitrogens with zero attached hydrogens (tertiary/aromatic N) is 2. The minimum Gasteiger partial charge on any atom is -0.393 e. The number of hydrogen-bond acceptors (Lipinski definition) is 4. The molecule has 0 amide bonds. The van der Waals surface area contributed by atoms with Crippen LogP contribution in [0, 0.1) is 5.92 Å². The third-order valence-corrected chi connectivity index (χ3v) is 3.98. The molecule has 5 heteroatoms. The molecule has 1 saturated carbocycles. The molecular weight excluding hydrogens is 278 g/mol. The van der Waals surface area contributed by atoms with Gasteiger partial charge in [-0.3, -0.25) is 4.79 Å². The van der Waals surface area contributed by atoms with E-state index < -0.39 is 0 Å². The van der Waals surface area contributed by atoms with Crippen LogP contribution < -0.4 is 5.32 Å². The van der Waals surface area contributed by atoms with Gasteiger partial charge in [-0.05, 0) is 46.8 Å². The van der Waals surface area contributed by atoms with Crippen molar-refractivity contribution in [2.24, 2.45) is 10.9 Å². The number of amidine groups is 1. The maximum atomic E-state index is 12.3. The van der Waals surface area contributed by atoms with Crippen molar-refractivity contribution in [2.45, 2.75) is 58.3 Å². The van der Waals surface area contributed by atoms with E-state index in [4.69, 9.17) is 4.74 Å². The summed E-state index contributed by atoms with van der Waals surface area (Å²) in [6.45, 7) is 4.36. The van der Waals surface area contributed by atoms with Crippen molar-refractivity contribution < 1.29 is 9.53 Å². The van der Waals surface area contributed by atoms with Crippen LogP contribution >= 0.6 is 0 Å². The van der Waals surface area contributed by atoms with Crippen molar-refractivity contribution in [1.82, 2.24) is 10.2 Å². The first-order valence-electron chi connectivity index (χ1n) is 8.78. The summed E-state index contributed by atoms with van der Waals surface area (Å²) in [6, 6.07) is 0.397. The normalized spacial score (nSPS) is 17.9. The van der Waals surface area contributed by atoms with Crippen LogP contribution in [0.5, 0.6) is 0 Å². The summed E-state index contributed by atoms with van der Waals surface area (Å²) >= 11 is 0. The van der Waals surface area contributed by atoms with E-state index in [0.717, 1.165) is 38.6 Å². The maximum Gasteiger partial charge on any atom is 0.316 e. The molecule has 0 unspecified atom stereocenters. The third-order valence-electron chi connectivity index (χ3n) is 3.98. The Morgan fingerprint density at radius 1 is 1.18 bits per heavy atom. The molecule has 5 nitrogen and oxygen atoms in total. The van der Waals surface area contributed by atoms with Gasteiger partial charge in [0.15, 0.2) is 0 Å². The number of esters is 1. The molecule has 1 fully saturated rings. The number of ether oxygens (including phenoxy) is 1. The fourth-order valence-corrected chi connectivity index (χ4v) is 2.71. The molecule has 0 heterocycles. The summed E-state index contributed by atoms with van der Waals surface area (Å²) in [5.41, 5.74) is 0. The van der Waals surface area contributed by atoms with E-state index >= 15 is 0 Å². The molecule has 0 aromatic heterocycles. The summed E-state index contributed by atoms with van der Waals surface area (Å²) in [5.74, 6) is -0.0554. The Bertz CT molecular complexity index is 335. The first-order chi connectivity index (χ1) is 10.6. The summed E-state index contributed by atoms with van der Waals surface area (Å²) in [4.78, 5) is 18.9. The lowest BCUT2D eigenvalue weighted by atomic mass is 9.91. The van der Waals surface area contributed by atoms with Gasteiger partial charge in [-0.2, -0.15) is 0 Å². The van der Waals surface area contributed by atoms with Crippen LogP contribution in [0.2, 0.25) is 0 Å². The van der Waals surface area contributed by atoms with Gasteiger partial charge in [0.05, 0.1) is 5.92 Å². The second-order valence-electron chi connectivity index (χ2n) is 6.34. The predicted octanol–water partition coefficient (Wildman–Crippen LogP) is 2.81. The highest BCUT2D eigenvalue weighted by molar-refractivity contribution is 5.88. The SMILES string of the molecule is CCNC(=NCCCN(C)C)OC(=O)C1CCCCCCC1. The van der Waals surface area contributed by atoms with Crippen LogP contribution in [0.3, 0.4) is 0 Å². The Kier molecular flexibility index (Phi) is 9.87. The van der Waals surface area contributed by atoms with E-state index in [1.807, 2.05) is 21.0 Å². The molecule has 0 spiro atoms. The summed E-state index contributed by atoms with van der Waals surface area (Å²) in [5, 5.41) is 3.06. The average molecular weight is 311 g/mol. The highest BCUT2D eigenvalue weighted by Gasteiger charge is 2.22. The smallest absolute Gasteiger partial charge is 0.316 e. The molecule has 0 radical (unpaired) electrons. The second kappa shape index (κ2) is 11.5. The molecule has 0 atom stereocenters. The molecule has 1 aliphatic carbocycles. The zero-order valence-electron chi connectivity index (χ0n) is 14.6. The first kappa shape index (κ1) is 18.9. The molecule has 1 rings (SSSR count). The summed E-state index contributed by atoms with van der Waals surface area (Å²) in [6.07, 6.45) is 8.93. The molecular formula is C17H33N3O2. The van der Waals surface area contributed by atoms with Gasteiger partial charge in [-0.1, -0.05) is 32.1 Å².